The summed E-state index contributed by atoms with van der Waals surface area (Å²) in [6.07, 6.45) is 0. The largest absolute Gasteiger partial charge is 0.336 e. The predicted molar refractivity (Wildman–Crippen MR) is 109 cm³/mol. The summed E-state index contributed by atoms with van der Waals surface area (Å²) in [4.78, 5) is 21.2. The monoisotopic (exact) mass is 406 g/mol. The summed E-state index contributed by atoms with van der Waals surface area (Å²) in [5, 5.41) is 10.2. The molecular formula is C23H20F2N4O. The van der Waals surface area contributed by atoms with E-state index in [0.29, 0.717) is 48.3 Å². The number of nitriles is 1. The molecule has 2 heterocycles. The molecule has 0 spiro atoms. The summed E-state index contributed by atoms with van der Waals surface area (Å²) in [5.74, 6) is -0.867. The van der Waals surface area contributed by atoms with Gasteiger partial charge < -0.3 is 4.90 Å². The van der Waals surface area contributed by atoms with Crippen molar-refractivity contribution in [1.29, 1.82) is 5.26 Å². The minimum Gasteiger partial charge on any atom is -0.336 e. The SMILES string of the molecule is Cc1cc(C(=O)N2CCN([C@@H](C#N)c3ccc(F)cc3)CC2)c2ccc(F)cc2n1. The standard InChI is InChI=1S/C23H20F2N4O/c1-15-12-20(19-7-6-18(25)13-21(19)27-15)23(30)29-10-8-28(9-11-29)22(14-26)16-2-4-17(24)5-3-16/h2-7,12-13,22H,8-11H2,1H3/t22-/m0/s1. The van der Waals surface area contributed by atoms with Gasteiger partial charge in [-0.3, -0.25) is 14.7 Å². The van der Waals surface area contributed by atoms with Gasteiger partial charge in [-0.05, 0) is 42.8 Å². The van der Waals surface area contributed by atoms with Gasteiger partial charge in [0.25, 0.3) is 5.91 Å². The summed E-state index contributed by atoms with van der Waals surface area (Å²) in [5.41, 5.74) is 2.34. The molecule has 7 heteroatoms. The summed E-state index contributed by atoms with van der Waals surface area (Å²) in [6, 6.07) is 13.7. The number of halogens is 2. The van der Waals surface area contributed by atoms with Crippen molar-refractivity contribution in [3.63, 3.8) is 0 Å². The number of rotatable bonds is 3. The zero-order valence-corrected chi connectivity index (χ0v) is 16.5. The molecule has 1 fully saturated rings. The molecule has 0 aliphatic carbocycles. The minimum absolute atomic E-state index is 0.132. The van der Waals surface area contributed by atoms with Crippen molar-refractivity contribution in [3.8, 4) is 6.07 Å². The van der Waals surface area contributed by atoms with Crippen LogP contribution in [0, 0.1) is 29.9 Å². The summed E-state index contributed by atoms with van der Waals surface area (Å²) >= 11 is 0. The van der Waals surface area contributed by atoms with Crippen LogP contribution in [0.2, 0.25) is 0 Å². The van der Waals surface area contributed by atoms with Gasteiger partial charge in [-0.2, -0.15) is 5.26 Å². The predicted octanol–water partition coefficient (Wildman–Crippen LogP) is 3.84. The Morgan fingerprint density at radius 2 is 1.70 bits per heavy atom. The molecule has 1 aliphatic rings. The van der Waals surface area contributed by atoms with Crippen LogP contribution >= 0.6 is 0 Å². The van der Waals surface area contributed by atoms with Crippen LogP contribution in [0.15, 0.2) is 48.5 Å². The molecule has 1 saturated heterocycles. The number of hydrogen-bond acceptors (Lipinski definition) is 4. The fraction of sp³-hybridized carbons (Fsp3) is 0.261. The van der Waals surface area contributed by atoms with Crippen LogP contribution < -0.4 is 0 Å². The number of amides is 1. The molecule has 4 rings (SSSR count). The Kier molecular flexibility index (Phi) is 5.42. The zero-order valence-electron chi connectivity index (χ0n) is 16.5. The first-order valence-corrected chi connectivity index (χ1v) is 9.71. The number of piperazine rings is 1. The van der Waals surface area contributed by atoms with Crippen molar-refractivity contribution in [1.82, 2.24) is 14.8 Å². The van der Waals surface area contributed by atoms with E-state index in [1.165, 1.54) is 24.3 Å². The fourth-order valence-corrected chi connectivity index (χ4v) is 3.88. The van der Waals surface area contributed by atoms with Gasteiger partial charge in [0.15, 0.2) is 0 Å². The quantitative estimate of drug-likeness (QED) is 0.663. The third-order valence-corrected chi connectivity index (χ3v) is 5.41. The van der Waals surface area contributed by atoms with Crippen LogP contribution in [0.4, 0.5) is 8.78 Å². The van der Waals surface area contributed by atoms with Crippen LogP contribution in [0.3, 0.4) is 0 Å². The van der Waals surface area contributed by atoms with Crippen molar-refractivity contribution in [2.75, 3.05) is 26.2 Å². The Labute approximate surface area is 173 Å². The van der Waals surface area contributed by atoms with Gasteiger partial charge in [-0.25, -0.2) is 8.78 Å². The van der Waals surface area contributed by atoms with Gasteiger partial charge in [0.05, 0.1) is 17.1 Å². The third kappa shape index (κ3) is 3.87. The lowest BCUT2D eigenvalue weighted by molar-refractivity contribution is 0.0608. The highest BCUT2D eigenvalue weighted by Crippen LogP contribution is 2.25. The van der Waals surface area contributed by atoms with Crippen LogP contribution in [-0.2, 0) is 0 Å². The van der Waals surface area contributed by atoms with Gasteiger partial charge in [0.1, 0.15) is 17.7 Å². The molecule has 0 saturated carbocycles. The first kappa shape index (κ1) is 19.9. The Morgan fingerprint density at radius 1 is 1.03 bits per heavy atom. The first-order chi connectivity index (χ1) is 14.5. The van der Waals surface area contributed by atoms with Crippen LogP contribution in [0.25, 0.3) is 10.9 Å². The maximum absolute atomic E-state index is 13.6. The lowest BCUT2D eigenvalue weighted by Gasteiger charge is -2.37. The molecule has 0 N–H and O–H groups in total. The van der Waals surface area contributed by atoms with Crippen LogP contribution in [0.5, 0.6) is 0 Å². The normalized spacial score (nSPS) is 15.7. The summed E-state index contributed by atoms with van der Waals surface area (Å²) in [6.45, 7) is 3.75. The highest BCUT2D eigenvalue weighted by Gasteiger charge is 2.28. The van der Waals surface area contributed by atoms with E-state index in [-0.39, 0.29) is 11.7 Å². The number of aromatic nitrogens is 1. The van der Waals surface area contributed by atoms with Crippen LogP contribution in [-0.4, -0.2) is 46.9 Å². The van der Waals surface area contributed by atoms with Gasteiger partial charge in [-0.1, -0.05) is 12.1 Å². The third-order valence-electron chi connectivity index (χ3n) is 5.41. The van der Waals surface area contributed by atoms with Gasteiger partial charge in [-0.15, -0.1) is 0 Å². The molecule has 30 heavy (non-hydrogen) atoms. The number of benzene rings is 2. The molecule has 5 nitrogen and oxygen atoms in total. The number of hydrogen-bond donors (Lipinski definition) is 0. The van der Waals surface area contributed by atoms with Gasteiger partial charge in [0, 0.05) is 43.3 Å². The fourth-order valence-electron chi connectivity index (χ4n) is 3.88. The summed E-state index contributed by atoms with van der Waals surface area (Å²) in [7, 11) is 0. The number of aryl methyl sites for hydroxylation is 1. The van der Waals surface area contributed by atoms with E-state index in [4.69, 9.17) is 0 Å². The van der Waals surface area contributed by atoms with Crippen LogP contribution in [0.1, 0.15) is 27.7 Å². The molecule has 1 atom stereocenters. The Hall–Kier alpha value is -3.37. The van der Waals surface area contributed by atoms with E-state index in [1.54, 1.807) is 36.1 Å². The number of pyridine rings is 1. The lowest BCUT2D eigenvalue weighted by atomic mass is 10.0. The van der Waals surface area contributed by atoms with E-state index in [2.05, 4.69) is 11.1 Å². The summed E-state index contributed by atoms with van der Waals surface area (Å²) < 4.78 is 26.8. The first-order valence-electron chi connectivity index (χ1n) is 9.71. The average molecular weight is 406 g/mol. The number of fused-ring (bicyclic) bond motifs is 1. The van der Waals surface area contributed by atoms with E-state index >= 15 is 0 Å². The van der Waals surface area contributed by atoms with E-state index in [1.807, 2.05) is 4.90 Å². The molecule has 152 valence electrons. The van der Waals surface area contributed by atoms with E-state index in [9.17, 15) is 18.8 Å². The maximum atomic E-state index is 13.6. The van der Waals surface area contributed by atoms with E-state index < -0.39 is 11.9 Å². The molecule has 1 aromatic heterocycles. The number of carbonyl (C=O) groups is 1. The molecule has 1 aliphatic heterocycles. The van der Waals surface area contributed by atoms with Gasteiger partial charge >= 0.3 is 0 Å². The molecule has 0 bridgehead atoms. The second-order valence-electron chi connectivity index (χ2n) is 7.38. The lowest BCUT2D eigenvalue weighted by Crippen LogP contribution is -2.49. The van der Waals surface area contributed by atoms with Gasteiger partial charge in [0.2, 0.25) is 0 Å². The second kappa shape index (κ2) is 8.17. The highest BCUT2D eigenvalue weighted by atomic mass is 19.1. The second-order valence-corrected chi connectivity index (χ2v) is 7.38. The van der Waals surface area contributed by atoms with Crippen molar-refractivity contribution in [3.05, 3.63) is 77.0 Å². The van der Waals surface area contributed by atoms with E-state index in [0.717, 1.165) is 5.56 Å². The maximum Gasteiger partial charge on any atom is 0.254 e. The molecular weight excluding hydrogens is 386 g/mol. The van der Waals surface area contributed by atoms with Crippen molar-refractivity contribution in [2.45, 2.75) is 13.0 Å². The number of nitrogens with zero attached hydrogens (tertiary/aromatic N) is 4. The Morgan fingerprint density at radius 3 is 2.37 bits per heavy atom. The smallest absolute Gasteiger partial charge is 0.254 e. The Bertz CT molecular complexity index is 1130. The average Bonchev–Trinajstić information content (AvgIpc) is 2.74. The minimum atomic E-state index is -0.491. The molecule has 3 aromatic rings. The molecule has 2 aromatic carbocycles. The molecule has 0 radical (unpaired) electrons. The number of carbonyl (C=O) groups excluding carboxylic acids is 1. The van der Waals surface area contributed by atoms with Crippen molar-refractivity contribution < 1.29 is 13.6 Å². The van der Waals surface area contributed by atoms with Crippen molar-refractivity contribution >= 4 is 16.8 Å². The molecule has 0 unspecified atom stereocenters. The highest BCUT2D eigenvalue weighted by molar-refractivity contribution is 6.06. The Balaban J connectivity index is 1.52. The molecule has 1 amide bonds. The topological polar surface area (TPSA) is 60.2 Å². The zero-order chi connectivity index (χ0) is 21.3. The van der Waals surface area contributed by atoms with Crippen molar-refractivity contribution in [2.24, 2.45) is 0 Å².